The number of carbonyl (C=O) groups excluding carboxylic acids is 1. The molecule has 0 aliphatic rings. The lowest BCUT2D eigenvalue weighted by Crippen LogP contribution is -1.78. The minimum absolute atomic E-state index is 0.668. The number of carbonyl (C=O) groups is 1. The standard InChI is InChI=1S/C7H4Br2O.C2H6/c8-6-1-5(4-10)2-7(9)3-6;1-2/h1-4H;1-2H3. The van der Waals surface area contributed by atoms with E-state index in [1.54, 1.807) is 12.1 Å². The SMILES string of the molecule is CC.O=Cc1cc(Br)cc(Br)c1. The van der Waals surface area contributed by atoms with Crippen LogP contribution in [0.5, 0.6) is 0 Å². The van der Waals surface area contributed by atoms with Gasteiger partial charge in [-0.1, -0.05) is 45.7 Å². The highest BCUT2D eigenvalue weighted by Gasteiger charge is 1.94. The highest BCUT2D eigenvalue weighted by atomic mass is 79.9. The Morgan fingerprint density at radius 2 is 1.50 bits per heavy atom. The van der Waals surface area contributed by atoms with Crippen molar-refractivity contribution in [1.82, 2.24) is 0 Å². The molecule has 0 aliphatic heterocycles. The summed E-state index contributed by atoms with van der Waals surface area (Å²) in [6, 6.07) is 5.41. The van der Waals surface area contributed by atoms with E-state index in [-0.39, 0.29) is 0 Å². The molecule has 0 amide bonds. The highest BCUT2D eigenvalue weighted by Crippen LogP contribution is 2.18. The monoisotopic (exact) mass is 292 g/mol. The zero-order valence-corrected chi connectivity index (χ0v) is 10.1. The Morgan fingerprint density at radius 3 is 1.83 bits per heavy atom. The summed E-state index contributed by atoms with van der Waals surface area (Å²) in [5.74, 6) is 0. The molecule has 1 nitrogen and oxygen atoms in total. The fraction of sp³-hybridized carbons (Fsp3) is 0.222. The van der Waals surface area contributed by atoms with Crippen molar-refractivity contribution in [2.24, 2.45) is 0 Å². The van der Waals surface area contributed by atoms with Crippen LogP contribution in [0, 0.1) is 0 Å². The average molecular weight is 294 g/mol. The van der Waals surface area contributed by atoms with Gasteiger partial charge >= 0.3 is 0 Å². The summed E-state index contributed by atoms with van der Waals surface area (Å²) in [7, 11) is 0. The Kier molecular flexibility index (Phi) is 6.30. The molecule has 3 heteroatoms. The van der Waals surface area contributed by atoms with Crippen LogP contribution in [0.3, 0.4) is 0 Å². The smallest absolute Gasteiger partial charge is 0.150 e. The summed E-state index contributed by atoms with van der Waals surface area (Å²) in [4.78, 5) is 10.3. The second-order valence-electron chi connectivity index (χ2n) is 1.82. The maximum absolute atomic E-state index is 10.3. The van der Waals surface area contributed by atoms with E-state index < -0.39 is 0 Å². The van der Waals surface area contributed by atoms with Crippen LogP contribution in [-0.2, 0) is 0 Å². The van der Waals surface area contributed by atoms with Gasteiger partial charge in [-0.3, -0.25) is 4.79 Å². The summed E-state index contributed by atoms with van der Waals surface area (Å²) in [6.07, 6.45) is 0.815. The topological polar surface area (TPSA) is 17.1 Å². The lowest BCUT2D eigenvalue weighted by Gasteiger charge is -1.93. The number of hydrogen-bond donors (Lipinski definition) is 0. The number of rotatable bonds is 1. The van der Waals surface area contributed by atoms with E-state index in [1.165, 1.54) is 0 Å². The normalized spacial score (nSPS) is 8.33. The molecule has 0 saturated carbocycles. The van der Waals surface area contributed by atoms with Crippen LogP contribution in [0.25, 0.3) is 0 Å². The largest absolute Gasteiger partial charge is 0.298 e. The average Bonchev–Trinajstić information content (AvgIpc) is 2.06. The van der Waals surface area contributed by atoms with Crippen molar-refractivity contribution < 1.29 is 4.79 Å². The second-order valence-corrected chi connectivity index (χ2v) is 3.65. The van der Waals surface area contributed by atoms with Crippen molar-refractivity contribution in [1.29, 1.82) is 0 Å². The molecule has 0 aliphatic carbocycles. The molecular formula is C9H10Br2O. The third kappa shape index (κ3) is 4.02. The van der Waals surface area contributed by atoms with Crippen molar-refractivity contribution in [2.45, 2.75) is 13.8 Å². The van der Waals surface area contributed by atoms with Crippen LogP contribution >= 0.6 is 31.9 Å². The first-order valence-electron chi connectivity index (χ1n) is 3.63. The van der Waals surface area contributed by atoms with Gasteiger partial charge < -0.3 is 0 Å². The Balaban J connectivity index is 0.000000561. The van der Waals surface area contributed by atoms with Crippen LogP contribution in [0.15, 0.2) is 27.1 Å². The Labute approximate surface area is 89.4 Å². The van der Waals surface area contributed by atoms with Gasteiger partial charge in [-0.2, -0.15) is 0 Å². The maximum atomic E-state index is 10.3. The van der Waals surface area contributed by atoms with E-state index in [0.29, 0.717) is 5.56 Å². The Morgan fingerprint density at radius 1 is 1.08 bits per heavy atom. The van der Waals surface area contributed by atoms with Crippen LogP contribution in [0.1, 0.15) is 24.2 Å². The van der Waals surface area contributed by atoms with Crippen LogP contribution < -0.4 is 0 Å². The zero-order valence-electron chi connectivity index (χ0n) is 6.97. The molecule has 0 aromatic heterocycles. The van der Waals surface area contributed by atoms with Crippen molar-refractivity contribution in [2.75, 3.05) is 0 Å². The molecule has 0 saturated heterocycles. The Bertz CT molecular complexity index is 238. The van der Waals surface area contributed by atoms with Gasteiger partial charge in [0.1, 0.15) is 6.29 Å². The molecule has 0 radical (unpaired) electrons. The number of aldehydes is 1. The maximum Gasteiger partial charge on any atom is 0.150 e. The van der Waals surface area contributed by atoms with E-state index in [4.69, 9.17) is 0 Å². The number of hydrogen-bond acceptors (Lipinski definition) is 1. The third-order valence-corrected chi connectivity index (χ3v) is 1.94. The summed E-state index contributed by atoms with van der Waals surface area (Å²) in [5, 5.41) is 0. The lowest BCUT2D eigenvalue weighted by atomic mass is 10.2. The van der Waals surface area contributed by atoms with Gasteiger partial charge in [0, 0.05) is 14.5 Å². The van der Waals surface area contributed by atoms with Crippen LogP contribution in [0.4, 0.5) is 0 Å². The highest BCUT2D eigenvalue weighted by molar-refractivity contribution is 9.11. The van der Waals surface area contributed by atoms with Crippen LogP contribution in [0.2, 0.25) is 0 Å². The summed E-state index contributed by atoms with van der Waals surface area (Å²) >= 11 is 6.53. The predicted octanol–water partition coefficient (Wildman–Crippen LogP) is 4.05. The van der Waals surface area contributed by atoms with Gasteiger partial charge in [0.15, 0.2) is 0 Å². The first-order chi connectivity index (χ1) is 5.72. The summed E-state index contributed by atoms with van der Waals surface area (Å²) in [6.45, 7) is 4.00. The van der Waals surface area contributed by atoms with Gasteiger partial charge in [0.25, 0.3) is 0 Å². The molecular weight excluding hydrogens is 284 g/mol. The van der Waals surface area contributed by atoms with E-state index in [1.807, 2.05) is 19.9 Å². The quantitative estimate of drug-likeness (QED) is 0.714. The zero-order chi connectivity index (χ0) is 9.56. The molecule has 66 valence electrons. The minimum atomic E-state index is 0.668. The fourth-order valence-corrected chi connectivity index (χ4v) is 1.97. The van der Waals surface area contributed by atoms with Crippen molar-refractivity contribution in [3.05, 3.63) is 32.7 Å². The minimum Gasteiger partial charge on any atom is -0.298 e. The third-order valence-electron chi connectivity index (χ3n) is 1.02. The summed E-state index contributed by atoms with van der Waals surface area (Å²) in [5.41, 5.74) is 0.668. The van der Waals surface area contributed by atoms with Gasteiger partial charge in [0.2, 0.25) is 0 Å². The molecule has 0 bridgehead atoms. The molecule has 1 aromatic carbocycles. The molecule has 1 rings (SSSR count). The first-order valence-corrected chi connectivity index (χ1v) is 5.22. The molecule has 0 unspecified atom stereocenters. The first kappa shape index (κ1) is 11.8. The molecule has 1 aromatic rings. The summed E-state index contributed by atoms with van der Waals surface area (Å²) < 4.78 is 1.81. The molecule has 12 heavy (non-hydrogen) atoms. The van der Waals surface area contributed by atoms with E-state index in [2.05, 4.69) is 31.9 Å². The van der Waals surface area contributed by atoms with Gasteiger partial charge in [-0.15, -0.1) is 0 Å². The van der Waals surface area contributed by atoms with E-state index in [9.17, 15) is 4.79 Å². The lowest BCUT2D eigenvalue weighted by molar-refractivity contribution is 0.112. The van der Waals surface area contributed by atoms with Gasteiger partial charge in [-0.25, -0.2) is 0 Å². The van der Waals surface area contributed by atoms with Crippen LogP contribution in [-0.4, -0.2) is 6.29 Å². The molecule has 0 fully saturated rings. The second kappa shape index (κ2) is 6.38. The number of benzene rings is 1. The number of halogens is 2. The molecule has 0 atom stereocenters. The van der Waals surface area contributed by atoms with E-state index in [0.717, 1.165) is 15.2 Å². The fourth-order valence-electron chi connectivity index (χ4n) is 0.643. The van der Waals surface area contributed by atoms with Crippen molar-refractivity contribution in [3.8, 4) is 0 Å². The molecule has 0 N–H and O–H groups in total. The molecule has 0 spiro atoms. The van der Waals surface area contributed by atoms with Gasteiger partial charge in [0.05, 0.1) is 0 Å². The molecule has 0 heterocycles. The van der Waals surface area contributed by atoms with Crippen molar-refractivity contribution in [3.63, 3.8) is 0 Å². The van der Waals surface area contributed by atoms with Gasteiger partial charge in [-0.05, 0) is 18.2 Å². The predicted molar refractivity (Wildman–Crippen MR) is 58.6 cm³/mol. The van der Waals surface area contributed by atoms with Crippen molar-refractivity contribution >= 4 is 38.1 Å². The van der Waals surface area contributed by atoms with E-state index >= 15 is 0 Å². The Hall–Kier alpha value is -0.150.